The van der Waals surface area contributed by atoms with Crippen LogP contribution < -0.4 is 4.74 Å². The summed E-state index contributed by atoms with van der Waals surface area (Å²) in [7, 11) is 1.59. The van der Waals surface area contributed by atoms with E-state index in [0.717, 1.165) is 16.5 Å². The Morgan fingerprint density at radius 2 is 2.29 bits per heavy atom. The molecule has 0 spiro atoms. The maximum atomic E-state index is 11.0. The second-order valence-corrected chi connectivity index (χ2v) is 4.74. The summed E-state index contributed by atoms with van der Waals surface area (Å²) >= 11 is 0. The lowest BCUT2D eigenvalue weighted by Gasteiger charge is -2.10. The van der Waals surface area contributed by atoms with Gasteiger partial charge in [0, 0.05) is 22.0 Å². The number of aromatic amines is 1. The standard InChI is InChI=1S/C15H14N2O4/c1-20-10-4-5-14-11(7-10)12(8-16-14)13(9-17(18)19)15-3-2-6-21-15/h2-8,13,16H,9H2,1H3. The van der Waals surface area contributed by atoms with Crippen LogP contribution in [-0.2, 0) is 0 Å². The van der Waals surface area contributed by atoms with Crippen molar-refractivity contribution in [2.24, 2.45) is 0 Å². The zero-order valence-electron chi connectivity index (χ0n) is 11.4. The Morgan fingerprint density at radius 1 is 1.43 bits per heavy atom. The minimum absolute atomic E-state index is 0.225. The van der Waals surface area contributed by atoms with Crippen LogP contribution in [0.2, 0.25) is 0 Å². The van der Waals surface area contributed by atoms with Crippen molar-refractivity contribution in [1.82, 2.24) is 4.98 Å². The molecule has 2 aromatic heterocycles. The highest BCUT2D eigenvalue weighted by Crippen LogP contribution is 2.33. The normalized spacial score (nSPS) is 12.4. The van der Waals surface area contributed by atoms with E-state index in [9.17, 15) is 10.1 Å². The number of furan rings is 1. The largest absolute Gasteiger partial charge is 0.497 e. The molecule has 0 amide bonds. The number of aromatic nitrogens is 1. The summed E-state index contributed by atoms with van der Waals surface area (Å²) in [5.74, 6) is 0.855. The maximum Gasteiger partial charge on any atom is 0.217 e. The topological polar surface area (TPSA) is 81.3 Å². The second kappa shape index (κ2) is 5.32. The fourth-order valence-corrected chi connectivity index (χ4v) is 2.52. The number of methoxy groups -OCH3 is 1. The molecule has 21 heavy (non-hydrogen) atoms. The third kappa shape index (κ3) is 2.47. The Labute approximate surface area is 120 Å². The highest BCUT2D eigenvalue weighted by atomic mass is 16.6. The number of fused-ring (bicyclic) bond motifs is 1. The molecule has 3 rings (SSSR count). The molecule has 6 nitrogen and oxygen atoms in total. The summed E-state index contributed by atoms with van der Waals surface area (Å²) in [6.07, 6.45) is 3.32. The van der Waals surface area contributed by atoms with Crippen LogP contribution in [-0.4, -0.2) is 23.6 Å². The summed E-state index contributed by atoms with van der Waals surface area (Å²) in [6.45, 7) is -0.225. The third-order valence-electron chi connectivity index (χ3n) is 3.51. The van der Waals surface area contributed by atoms with Gasteiger partial charge in [-0.1, -0.05) is 0 Å². The first-order valence-corrected chi connectivity index (χ1v) is 6.49. The van der Waals surface area contributed by atoms with Crippen molar-refractivity contribution < 1.29 is 14.1 Å². The fraction of sp³-hybridized carbons (Fsp3) is 0.200. The lowest BCUT2D eigenvalue weighted by Crippen LogP contribution is -2.13. The minimum atomic E-state index is -0.434. The van der Waals surface area contributed by atoms with Crippen LogP contribution in [0.1, 0.15) is 17.2 Å². The molecule has 3 aromatic rings. The van der Waals surface area contributed by atoms with Crippen molar-refractivity contribution in [2.45, 2.75) is 5.92 Å². The number of hydrogen-bond donors (Lipinski definition) is 1. The quantitative estimate of drug-likeness (QED) is 0.577. The Balaban J connectivity index is 2.12. The average molecular weight is 286 g/mol. The number of benzene rings is 1. The molecule has 2 heterocycles. The summed E-state index contributed by atoms with van der Waals surface area (Å²) in [5.41, 5.74) is 1.74. The molecule has 0 saturated heterocycles. The van der Waals surface area contributed by atoms with Crippen LogP contribution in [0.25, 0.3) is 10.9 Å². The van der Waals surface area contributed by atoms with E-state index in [4.69, 9.17) is 9.15 Å². The van der Waals surface area contributed by atoms with E-state index in [1.165, 1.54) is 6.26 Å². The molecule has 1 unspecified atom stereocenters. The zero-order chi connectivity index (χ0) is 14.8. The molecule has 0 aliphatic rings. The molecule has 6 heteroatoms. The van der Waals surface area contributed by atoms with E-state index in [1.54, 1.807) is 25.4 Å². The predicted octanol–water partition coefficient (Wildman–Crippen LogP) is 3.18. The van der Waals surface area contributed by atoms with Gasteiger partial charge in [-0.25, -0.2) is 0 Å². The predicted molar refractivity (Wildman–Crippen MR) is 77.3 cm³/mol. The van der Waals surface area contributed by atoms with Gasteiger partial charge in [-0.2, -0.15) is 0 Å². The van der Waals surface area contributed by atoms with Gasteiger partial charge in [0.2, 0.25) is 6.54 Å². The van der Waals surface area contributed by atoms with Crippen molar-refractivity contribution in [3.63, 3.8) is 0 Å². The minimum Gasteiger partial charge on any atom is -0.497 e. The number of rotatable bonds is 5. The molecule has 108 valence electrons. The van der Waals surface area contributed by atoms with Crippen molar-refractivity contribution in [3.8, 4) is 5.75 Å². The fourth-order valence-electron chi connectivity index (χ4n) is 2.52. The molecule has 1 aromatic carbocycles. The maximum absolute atomic E-state index is 11.0. The van der Waals surface area contributed by atoms with Gasteiger partial charge in [0.1, 0.15) is 17.4 Å². The van der Waals surface area contributed by atoms with Crippen LogP contribution in [0, 0.1) is 10.1 Å². The number of ether oxygens (including phenoxy) is 1. The lowest BCUT2D eigenvalue weighted by molar-refractivity contribution is -0.482. The summed E-state index contributed by atoms with van der Waals surface area (Å²) in [4.78, 5) is 13.8. The van der Waals surface area contributed by atoms with Gasteiger partial charge in [-0.05, 0) is 35.9 Å². The van der Waals surface area contributed by atoms with E-state index in [0.29, 0.717) is 11.5 Å². The monoisotopic (exact) mass is 286 g/mol. The number of nitro groups is 1. The first-order valence-electron chi connectivity index (χ1n) is 6.49. The molecule has 0 bridgehead atoms. The molecular weight excluding hydrogens is 272 g/mol. The third-order valence-corrected chi connectivity index (χ3v) is 3.51. The van der Waals surface area contributed by atoms with Crippen molar-refractivity contribution in [3.05, 3.63) is 64.2 Å². The van der Waals surface area contributed by atoms with Crippen molar-refractivity contribution >= 4 is 10.9 Å². The molecule has 0 radical (unpaired) electrons. The van der Waals surface area contributed by atoms with Crippen LogP contribution >= 0.6 is 0 Å². The Hall–Kier alpha value is -2.76. The number of nitrogens with one attached hydrogen (secondary N) is 1. The molecule has 0 aliphatic heterocycles. The van der Waals surface area contributed by atoms with Crippen LogP contribution in [0.5, 0.6) is 5.75 Å². The average Bonchev–Trinajstić information content (AvgIpc) is 3.13. The first-order chi connectivity index (χ1) is 10.2. The smallest absolute Gasteiger partial charge is 0.217 e. The van der Waals surface area contributed by atoms with Gasteiger partial charge in [-0.15, -0.1) is 0 Å². The zero-order valence-corrected chi connectivity index (χ0v) is 11.4. The summed E-state index contributed by atoms with van der Waals surface area (Å²) < 4.78 is 10.6. The van der Waals surface area contributed by atoms with Gasteiger partial charge < -0.3 is 14.1 Å². The van der Waals surface area contributed by atoms with E-state index >= 15 is 0 Å². The SMILES string of the molecule is COc1ccc2[nH]cc(C(C[N+](=O)[O-])c3ccco3)c2c1. The molecule has 1 N–H and O–H groups in total. The number of hydrogen-bond acceptors (Lipinski definition) is 4. The van der Waals surface area contributed by atoms with Crippen LogP contribution in [0.4, 0.5) is 0 Å². The van der Waals surface area contributed by atoms with Gasteiger partial charge in [0.25, 0.3) is 0 Å². The molecule has 0 fully saturated rings. The Bertz CT molecular complexity index is 761. The van der Waals surface area contributed by atoms with Crippen LogP contribution in [0.3, 0.4) is 0 Å². The van der Waals surface area contributed by atoms with Crippen LogP contribution in [0.15, 0.2) is 47.2 Å². The number of H-pyrrole nitrogens is 1. The van der Waals surface area contributed by atoms with E-state index < -0.39 is 5.92 Å². The summed E-state index contributed by atoms with van der Waals surface area (Å²) in [5, 5.41) is 11.9. The van der Waals surface area contributed by atoms with Gasteiger partial charge in [0.15, 0.2) is 0 Å². The molecule has 0 aliphatic carbocycles. The van der Waals surface area contributed by atoms with Gasteiger partial charge >= 0.3 is 0 Å². The Morgan fingerprint density at radius 3 is 2.95 bits per heavy atom. The number of nitrogens with zero attached hydrogens (tertiary/aromatic N) is 1. The molecule has 0 saturated carbocycles. The van der Waals surface area contributed by atoms with Gasteiger partial charge in [0.05, 0.1) is 13.4 Å². The Kier molecular flexibility index (Phi) is 3.35. The van der Waals surface area contributed by atoms with E-state index in [1.807, 2.05) is 18.2 Å². The van der Waals surface area contributed by atoms with Gasteiger partial charge in [-0.3, -0.25) is 10.1 Å². The lowest BCUT2D eigenvalue weighted by atomic mass is 9.96. The highest BCUT2D eigenvalue weighted by molar-refractivity contribution is 5.85. The van der Waals surface area contributed by atoms with Crippen molar-refractivity contribution in [2.75, 3.05) is 13.7 Å². The second-order valence-electron chi connectivity index (χ2n) is 4.74. The van der Waals surface area contributed by atoms with Crippen molar-refractivity contribution in [1.29, 1.82) is 0 Å². The van der Waals surface area contributed by atoms with E-state index in [-0.39, 0.29) is 11.5 Å². The van der Waals surface area contributed by atoms with E-state index in [2.05, 4.69) is 4.98 Å². The molecular formula is C15H14N2O4. The summed E-state index contributed by atoms with van der Waals surface area (Å²) in [6, 6.07) is 9.10. The highest BCUT2D eigenvalue weighted by Gasteiger charge is 2.25. The molecule has 1 atom stereocenters. The first kappa shape index (κ1) is 13.2.